The molecule has 37 heteroatoms. The molecule has 3 N–H and O–H groups in total. The zero-order valence-corrected chi connectivity index (χ0v) is 85.4. The molecule has 0 aliphatic carbocycles. The number of thioether (sulfide) groups is 2. The fraction of sp³-hybridized carbons (Fsp3) is 0.987. The second-order valence-corrected chi connectivity index (χ2v) is 43.5. The minimum absolute atomic E-state index is 0. The first-order valence-electron chi connectivity index (χ1n) is 37.7. The third-order valence-electron chi connectivity index (χ3n) is 13.2. The summed E-state index contributed by atoms with van der Waals surface area (Å²) in [6.07, 6.45) is 5.05. The van der Waals surface area contributed by atoms with Crippen LogP contribution < -0.4 is 35.3 Å². The molecule has 0 aromatic rings. The molecule has 0 aliphatic heterocycles. The van der Waals surface area contributed by atoms with E-state index in [9.17, 15) is 30.0 Å². The molecule has 0 atom stereocenters. The molecule has 0 heterocycles. The number of alkyl halides is 1. The number of halogens is 4. The van der Waals surface area contributed by atoms with Gasteiger partial charge >= 0.3 is 29.6 Å². The number of ether oxygens (including phenoxy) is 15. The van der Waals surface area contributed by atoms with Gasteiger partial charge in [0.2, 0.25) is 0 Å². The Bertz CT molecular complexity index is 2220. The normalized spacial score (nSPS) is 12.1. The van der Waals surface area contributed by atoms with Crippen LogP contribution in [0.4, 0.5) is 0 Å². The molecule has 0 aromatic heterocycles. The molecule has 0 radical (unpaired) electrons. The summed E-state index contributed by atoms with van der Waals surface area (Å²) >= 11 is 27.0. The van der Waals surface area contributed by atoms with Crippen LogP contribution >= 0.6 is 87.5 Å². The first-order valence-corrected chi connectivity index (χ1v) is 48.0. The summed E-state index contributed by atoms with van der Waals surface area (Å²) in [7, 11) is -1.12. The van der Waals surface area contributed by atoms with Crippen molar-refractivity contribution in [2.45, 2.75) is 194 Å². The van der Waals surface area contributed by atoms with Gasteiger partial charge in [0.05, 0.1) is 217 Å². The zero-order chi connectivity index (χ0) is 86.6. The van der Waals surface area contributed by atoms with E-state index in [-0.39, 0.29) is 106 Å². The molecule has 0 amide bonds. The average Bonchev–Trinajstić information content (AvgIpc) is 0.835. The van der Waals surface area contributed by atoms with Crippen LogP contribution in [0.25, 0.3) is 0 Å². The summed E-state index contributed by atoms with van der Waals surface area (Å²) in [4.78, 5) is 10.5. The fourth-order valence-electron chi connectivity index (χ4n) is 6.04. The zero-order valence-electron chi connectivity index (χ0n) is 74.6. The van der Waals surface area contributed by atoms with Crippen molar-refractivity contribution in [2.75, 3.05) is 264 Å². The van der Waals surface area contributed by atoms with Crippen molar-refractivity contribution in [3.8, 4) is 0 Å². The molecule has 0 saturated heterocycles. The van der Waals surface area contributed by atoms with Crippen LogP contribution in [-0.4, -0.2) is 320 Å². The second kappa shape index (κ2) is 86.7. The van der Waals surface area contributed by atoms with E-state index in [2.05, 4.69) is 95.2 Å². The number of thiol groups is 1. The molecule has 0 spiro atoms. The number of rotatable bonds is 58. The number of nitrogens with two attached hydrogens (primary N) is 1. The van der Waals surface area contributed by atoms with E-state index in [0.717, 1.165) is 46.2 Å². The van der Waals surface area contributed by atoms with E-state index in [1.165, 1.54) is 30.4 Å². The third kappa shape index (κ3) is 144. The maximum Gasteiger partial charge on any atom is 1.00 e. The van der Waals surface area contributed by atoms with Crippen molar-refractivity contribution in [3.05, 3.63) is 0 Å². The molecule has 112 heavy (non-hydrogen) atoms. The van der Waals surface area contributed by atoms with E-state index in [1.807, 2.05) is 67.2 Å². The molecule has 0 aromatic carbocycles. The molecule has 0 bridgehead atoms. The first-order chi connectivity index (χ1) is 50.8. The minimum Gasteiger partial charge on any atom is -0.870 e. The quantitative estimate of drug-likeness (QED) is 0.0188. The van der Waals surface area contributed by atoms with Crippen molar-refractivity contribution in [2.24, 2.45) is 27.4 Å². The van der Waals surface area contributed by atoms with Crippen LogP contribution in [0.15, 0.2) is 0 Å². The van der Waals surface area contributed by atoms with Gasteiger partial charge in [-0.15, -0.1) is 3.94 Å². The van der Waals surface area contributed by atoms with Gasteiger partial charge in [-0.25, -0.2) is 25.3 Å². The average molecular weight is 1880 g/mol. The molecule has 0 unspecified atom stereocenters. The minimum atomic E-state index is -3.18. The van der Waals surface area contributed by atoms with E-state index in [0.29, 0.717) is 168 Å². The van der Waals surface area contributed by atoms with Gasteiger partial charge in [0.15, 0.2) is 34.6 Å². The van der Waals surface area contributed by atoms with Crippen LogP contribution in [0.3, 0.4) is 0 Å². The summed E-state index contributed by atoms with van der Waals surface area (Å²) < 4.78 is 152. The number of hydrogen-bond donors (Lipinski definition) is 2. The van der Waals surface area contributed by atoms with Crippen LogP contribution in [0.2, 0.25) is 0 Å². The van der Waals surface area contributed by atoms with E-state index < -0.39 is 40.6 Å². The number of methoxy groups -OCH3 is 5. The molecular formula is C75H163BrCl3N2NaO24S6. The maximum atomic E-state index is 11.8. The summed E-state index contributed by atoms with van der Waals surface area (Å²) in [5.74, 6) is 4.69. The van der Waals surface area contributed by atoms with Gasteiger partial charge in [-0.2, -0.15) is 24.4 Å². The number of carbonyl (C=O) groups excluding carboxylic acids is 1. The van der Waals surface area contributed by atoms with Crippen molar-refractivity contribution in [1.82, 2.24) is 3.94 Å². The van der Waals surface area contributed by atoms with Gasteiger partial charge in [-0.3, -0.25) is 9.08 Å². The molecule has 0 saturated carbocycles. The Kier molecular flexibility index (Phi) is 104. The van der Waals surface area contributed by atoms with Crippen molar-refractivity contribution in [3.63, 3.8) is 0 Å². The van der Waals surface area contributed by atoms with Gasteiger partial charge in [-0.1, -0.05) is 111 Å². The van der Waals surface area contributed by atoms with Crippen molar-refractivity contribution >= 4 is 122 Å². The second-order valence-electron chi connectivity index (χ2n) is 31.9. The van der Waals surface area contributed by atoms with Crippen LogP contribution in [-0.2, 0) is 110 Å². The number of sulfone groups is 3. The monoisotopic (exact) mass is 1870 g/mol. The van der Waals surface area contributed by atoms with Gasteiger partial charge in [0, 0.05) is 70.4 Å². The Hall–Kier alpha value is 2.16. The standard InChI is InChI=1S/C13H28O5S.C13H28O3S.C12H25Cl2NO5S.C12H27NO5S.C8H16OS.C7H15BrO3.C6H14S.C4H9ClO.Na.H2O/c1-13(2,3)5-11-19(14,15)12-10-18-9-8-17-7-6-16-4;1-13(2,3)5-11-17-12-10-16-9-8-15-7-6-14-4;1-12(2,15(13)14)4-10-21(16,17)11-9-20-8-7-19-6-5-18-3;1-12(2,13)4-10-19(14,15)11-9-18-8-7-17-6-5-16-3;1-7(9)10-6-5-8(2,3)4;1-9-4-5-11-7-6-10-3-2-8;1-6(2,3)4-5-7;1-4(2,3)6-5;;/h5-12H2,1-4H3;5-12H2,1-4H3;4-11H2,1-3H3;4-11,13H2,1-3H3;5-6H2,1-4H3;2-7H2,1H3;7H,4-5H2,1-3H3;1-3H3;;1H2/q;;;;;;;;+1;/p-1. The number of nitrogens with zero attached hydrogens (tertiary/aromatic N) is 1. The van der Waals surface area contributed by atoms with Gasteiger partial charge < -0.3 is 82.3 Å². The topological polar surface area (TPSA) is 326 Å². The van der Waals surface area contributed by atoms with Gasteiger partial charge in [0.1, 0.15) is 0 Å². The van der Waals surface area contributed by atoms with E-state index in [4.69, 9.17) is 112 Å². The summed E-state index contributed by atoms with van der Waals surface area (Å²) in [6.45, 7) is 53.8. The van der Waals surface area contributed by atoms with Crippen LogP contribution in [0.5, 0.6) is 0 Å². The predicted molar refractivity (Wildman–Crippen MR) is 472 cm³/mol. The van der Waals surface area contributed by atoms with E-state index in [1.54, 1.807) is 56.3 Å². The SMILES string of the molecule is CC(=O)SCCC(C)(C)C.CC(C)(C)CCS.CC(C)(C)OCl.COCCOCCOCCBr.COCCOCCOCCS(=O)(=O)CCC(C)(C)C.COCCOCCOCCS(=O)(=O)CCC(C)(C)N.COCCOCCOCCS(=O)(=O)CCC(C)(C)N(Cl)Cl.COCCOCCOCCSCCC(C)(C)C.[Na+].[OH-]. The molecule has 26 nitrogen and oxygen atoms in total. The Morgan fingerprint density at radius 2 is 0.634 bits per heavy atom. The van der Waals surface area contributed by atoms with Crippen LogP contribution in [0.1, 0.15) is 177 Å². The van der Waals surface area contributed by atoms with Crippen molar-refractivity contribution in [1.29, 1.82) is 0 Å². The Morgan fingerprint density at radius 1 is 0.384 bits per heavy atom. The van der Waals surface area contributed by atoms with E-state index >= 15 is 0 Å². The maximum absolute atomic E-state index is 11.8. The molecular weight excluding hydrogens is 1710 g/mol. The summed E-state index contributed by atoms with van der Waals surface area (Å²) in [5.41, 5.74) is 5.85. The largest absolute Gasteiger partial charge is 1.00 e. The van der Waals surface area contributed by atoms with Crippen molar-refractivity contribution < 1.29 is 140 Å². The molecule has 682 valence electrons. The first kappa shape index (κ1) is 135. The Balaban J connectivity index is -0.000000136. The summed E-state index contributed by atoms with van der Waals surface area (Å²) in [5, 5.41) is 1.11. The molecule has 0 aliphatic rings. The number of hydrogen-bond acceptors (Lipinski definition) is 29. The molecule has 0 rings (SSSR count). The Morgan fingerprint density at radius 3 is 0.866 bits per heavy atom. The molecule has 0 fully saturated rings. The van der Waals surface area contributed by atoms with Gasteiger partial charge in [0.25, 0.3) is 0 Å². The summed E-state index contributed by atoms with van der Waals surface area (Å²) in [6, 6.07) is 0. The fourth-order valence-corrected chi connectivity index (χ4v) is 13.6. The smallest absolute Gasteiger partial charge is 0.870 e. The van der Waals surface area contributed by atoms with Gasteiger partial charge in [-0.05, 0) is 144 Å². The van der Waals surface area contributed by atoms with Crippen LogP contribution in [0, 0.1) is 21.7 Å². The predicted octanol–water partition coefficient (Wildman–Crippen LogP) is 11.3. The third-order valence-corrected chi connectivity index (χ3v) is 21.7. The Labute approximate surface area is 744 Å². The number of carbonyl (C=O) groups is 1.